The number of aromatic nitrogens is 2. The van der Waals surface area contributed by atoms with Gasteiger partial charge in [0.15, 0.2) is 12.4 Å². The van der Waals surface area contributed by atoms with E-state index in [0.29, 0.717) is 26.3 Å². The Morgan fingerprint density at radius 1 is 1.10 bits per heavy atom. The summed E-state index contributed by atoms with van der Waals surface area (Å²) in [5, 5.41) is 16.1. The van der Waals surface area contributed by atoms with Crippen LogP contribution in [0.5, 0.6) is 5.75 Å². The predicted molar refractivity (Wildman–Crippen MR) is 145 cm³/mol. The van der Waals surface area contributed by atoms with Gasteiger partial charge in [0.25, 0.3) is 11.5 Å². The van der Waals surface area contributed by atoms with Gasteiger partial charge in [-0.3, -0.25) is 19.7 Å². The van der Waals surface area contributed by atoms with Crippen molar-refractivity contribution in [1.29, 1.82) is 0 Å². The third-order valence-corrected chi connectivity index (χ3v) is 6.44. The highest BCUT2D eigenvalue weighted by Gasteiger charge is 2.31. The lowest BCUT2D eigenvalue weighted by atomic mass is 10.1. The monoisotopic (exact) mass is 581 g/mol. The lowest BCUT2D eigenvalue weighted by molar-refractivity contribution is -0.385. The average molecular weight is 582 g/mol. The topological polar surface area (TPSA) is 129 Å². The van der Waals surface area contributed by atoms with Gasteiger partial charge in [0.2, 0.25) is 5.75 Å². The molecule has 0 saturated carbocycles. The molecule has 0 bridgehead atoms. The fourth-order valence-corrected chi connectivity index (χ4v) is 4.36. The zero-order chi connectivity index (χ0) is 29.9. The third kappa shape index (κ3) is 5.98. The number of nitro groups is 1. The molecule has 0 N–H and O–H groups in total. The normalized spacial score (nSPS) is 13.9. The van der Waals surface area contributed by atoms with Gasteiger partial charge in [0.05, 0.1) is 40.8 Å². The summed E-state index contributed by atoms with van der Waals surface area (Å²) in [6, 6.07) is 14.5. The van der Waals surface area contributed by atoms with Crippen LogP contribution >= 0.6 is 0 Å². The molecule has 1 saturated heterocycles. The van der Waals surface area contributed by atoms with Gasteiger partial charge >= 0.3 is 11.9 Å². The molecule has 1 fully saturated rings. The van der Waals surface area contributed by atoms with Crippen LogP contribution in [0.25, 0.3) is 22.3 Å². The van der Waals surface area contributed by atoms with Crippen LogP contribution in [-0.2, 0) is 15.7 Å². The molecule has 42 heavy (non-hydrogen) atoms. The maximum Gasteiger partial charge on any atom is 0.416 e. The van der Waals surface area contributed by atoms with E-state index in [1.54, 1.807) is 18.2 Å². The number of morpholine rings is 1. The Labute approximate surface area is 235 Å². The van der Waals surface area contributed by atoms with Gasteiger partial charge in [0, 0.05) is 30.3 Å². The van der Waals surface area contributed by atoms with E-state index < -0.39 is 40.4 Å². The van der Waals surface area contributed by atoms with Crippen LogP contribution in [0.2, 0.25) is 0 Å². The second-order valence-corrected chi connectivity index (χ2v) is 9.13. The Kier molecular flexibility index (Phi) is 7.97. The number of hydrogen-bond acceptors (Lipinski definition) is 8. The summed E-state index contributed by atoms with van der Waals surface area (Å²) in [5.41, 5.74) is -1.82. The first-order chi connectivity index (χ1) is 20.1. The van der Waals surface area contributed by atoms with E-state index in [4.69, 9.17) is 9.47 Å². The molecular weight excluding hydrogens is 559 g/mol. The second kappa shape index (κ2) is 11.8. The quantitative estimate of drug-likeness (QED) is 0.183. The highest BCUT2D eigenvalue weighted by Crippen LogP contribution is 2.33. The standard InChI is InChI=1S/C28H22F3N5O6/c29-28(30,31)20-7-3-5-18(15-20)26-33-22-9-2-1-8-21(22)27(38)35(26)32-16-19-6-4-10-23(36(39)40)25(19)42-17-24(37)34-11-13-41-14-12-34/h1-10,15-16H,11-14,17H2. The zero-order valence-corrected chi connectivity index (χ0v) is 21.8. The molecule has 0 atom stereocenters. The fraction of sp³-hybridized carbons (Fsp3) is 0.214. The largest absolute Gasteiger partial charge is 0.476 e. The summed E-state index contributed by atoms with van der Waals surface area (Å²) >= 11 is 0. The van der Waals surface area contributed by atoms with Crippen molar-refractivity contribution in [3.05, 3.63) is 98.3 Å². The number of alkyl halides is 3. The highest BCUT2D eigenvalue weighted by molar-refractivity contribution is 5.87. The molecule has 11 nitrogen and oxygen atoms in total. The maximum atomic E-state index is 13.5. The van der Waals surface area contributed by atoms with Crippen LogP contribution in [0.3, 0.4) is 0 Å². The summed E-state index contributed by atoms with van der Waals surface area (Å²) < 4.78 is 52.0. The number of carbonyl (C=O) groups is 1. The number of nitro benzene ring substituents is 1. The van der Waals surface area contributed by atoms with Crippen molar-refractivity contribution in [3.8, 4) is 17.1 Å². The first kappa shape index (κ1) is 28.4. The van der Waals surface area contributed by atoms with Crippen molar-refractivity contribution in [3.63, 3.8) is 0 Å². The van der Waals surface area contributed by atoms with Gasteiger partial charge in [-0.15, -0.1) is 0 Å². The Morgan fingerprint density at radius 3 is 2.57 bits per heavy atom. The Morgan fingerprint density at radius 2 is 1.83 bits per heavy atom. The molecule has 3 aromatic carbocycles. The van der Waals surface area contributed by atoms with Gasteiger partial charge in [0.1, 0.15) is 0 Å². The van der Waals surface area contributed by atoms with Crippen molar-refractivity contribution in [1.82, 2.24) is 14.6 Å². The van der Waals surface area contributed by atoms with E-state index in [0.717, 1.165) is 23.0 Å². The summed E-state index contributed by atoms with van der Waals surface area (Å²) in [5.74, 6) is -0.854. The molecular formula is C28H22F3N5O6. The fourth-order valence-electron chi connectivity index (χ4n) is 4.36. The molecule has 1 aliphatic heterocycles. The van der Waals surface area contributed by atoms with Crippen molar-refractivity contribution < 1.29 is 32.4 Å². The Bertz CT molecular complexity index is 1750. The maximum absolute atomic E-state index is 13.5. The zero-order valence-electron chi connectivity index (χ0n) is 21.8. The average Bonchev–Trinajstić information content (AvgIpc) is 2.99. The highest BCUT2D eigenvalue weighted by atomic mass is 19.4. The lowest BCUT2D eigenvalue weighted by Gasteiger charge is -2.26. The molecule has 0 radical (unpaired) electrons. The molecule has 5 rings (SSSR count). The smallest absolute Gasteiger partial charge is 0.416 e. The number of hydrogen-bond donors (Lipinski definition) is 0. The van der Waals surface area contributed by atoms with Crippen LogP contribution < -0.4 is 10.3 Å². The number of benzene rings is 3. The van der Waals surface area contributed by atoms with Crippen LogP contribution in [0, 0.1) is 10.1 Å². The van der Waals surface area contributed by atoms with Crippen molar-refractivity contribution in [2.45, 2.75) is 6.18 Å². The molecule has 0 unspecified atom stereocenters. The van der Waals surface area contributed by atoms with Crippen molar-refractivity contribution >= 4 is 28.7 Å². The Hall–Kier alpha value is -5.11. The van der Waals surface area contributed by atoms with E-state index in [9.17, 15) is 32.9 Å². The van der Waals surface area contributed by atoms with E-state index in [1.807, 2.05) is 0 Å². The molecule has 1 amide bonds. The van der Waals surface area contributed by atoms with Crippen LogP contribution in [0.1, 0.15) is 11.1 Å². The Balaban J connectivity index is 1.58. The first-order valence-electron chi connectivity index (χ1n) is 12.6. The number of halogens is 3. The van der Waals surface area contributed by atoms with Crippen LogP contribution in [0.4, 0.5) is 18.9 Å². The van der Waals surface area contributed by atoms with Gasteiger partial charge in [-0.1, -0.05) is 30.3 Å². The van der Waals surface area contributed by atoms with E-state index in [-0.39, 0.29) is 33.6 Å². The molecule has 2 heterocycles. The second-order valence-electron chi connectivity index (χ2n) is 9.13. The number of para-hydroxylation sites is 2. The summed E-state index contributed by atoms with van der Waals surface area (Å²) in [6.07, 6.45) is -3.55. The van der Waals surface area contributed by atoms with Crippen molar-refractivity contribution in [2.75, 3.05) is 32.9 Å². The van der Waals surface area contributed by atoms with Gasteiger partial charge in [-0.2, -0.15) is 22.9 Å². The van der Waals surface area contributed by atoms with E-state index in [1.165, 1.54) is 41.3 Å². The molecule has 1 aromatic heterocycles. The number of fused-ring (bicyclic) bond motifs is 1. The number of nitrogens with zero attached hydrogens (tertiary/aromatic N) is 5. The third-order valence-electron chi connectivity index (χ3n) is 6.44. The molecule has 0 aliphatic carbocycles. The van der Waals surface area contributed by atoms with Gasteiger partial charge in [-0.25, -0.2) is 4.98 Å². The molecule has 0 spiro atoms. The summed E-state index contributed by atoms with van der Waals surface area (Å²) in [4.78, 5) is 43.1. The first-order valence-corrected chi connectivity index (χ1v) is 12.6. The van der Waals surface area contributed by atoms with Gasteiger partial charge < -0.3 is 14.4 Å². The molecule has 216 valence electrons. The number of amides is 1. The van der Waals surface area contributed by atoms with E-state index >= 15 is 0 Å². The minimum Gasteiger partial charge on any atom is -0.476 e. The van der Waals surface area contributed by atoms with Crippen LogP contribution in [0.15, 0.2) is 76.6 Å². The minimum absolute atomic E-state index is 0.0311. The number of carbonyl (C=O) groups excluding carboxylic acids is 1. The minimum atomic E-state index is -4.64. The predicted octanol–water partition coefficient (Wildman–Crippen LogP) is 4.11. The molecule has 4 aromatic rings. The van der Waals surface area contributed by atoms with Crippen molar-refractivity contribution in [2.24, 2.45) is 5.10 Å². The number of rotatable bonds is 7. The van der Waals surface area contributed by atoms with E-state index in [2.05, 4.69) is 10.1 Å². The lowest BCUT2D eigenvalue weighted by Crippen LogP contribution is -2.43. The summed E-state index contributed by atoms with van der Waals surface area (Å²) in [6.45, 7) is 0.918. The molecule has 14 heteroatoms. The summed E-state index contributed by atoms with van der Waals surface area (Å²) in [7, 11) is 0. The molecule has 1 aliphatic rings. The SMILES string of the molecule is O=C(COc1c(C=Nn2c(-c3cccc(C(F)(F)F)c3)nc3ccccc3c2=O)cccc1[N+](=O)[O-])N1CCOCC1. The number of ether oxygens (including phenoxy) is 2. The van der Waals surface area contributed by atoms with Crippen LogP contribution in [-0.4, -0.2) is 64.5 Å². The van der Waals surface area contributed by atoms with Gasteiger partial charge in [-0.05, 0) is 30.3 Å².